The number of rotatable bonds is 4. The van der Waals surface area contributed by atoms with Crippen LogP contribution in [0.5, 0.6) is 0 Å². The third-order valence-corrected chi connectivity index (χ3v) is 1.02. The standard InChI is InChI=1S/C8H12N2O2/c1-4-8(10-5-2)12-6-7(11)9-3/h4-5H,1-2,6H2,3H3,(H,9,11)/b10-8+. The summed E-state index contributed by atoms with van der Waals surface area (Å²) >= 11 is 0. The number of hydrogen-bond acceptors (Lipinski definition) is 3. The maximum Gasteiger partial charge on any atom is 0.257 e. The Morgan fingerprint density at radius 2 is 2.33 bits per heavy atom. The molecule has 0 atom stereocenters. The molecule has 66 valence electrons. The van der Waals surface area contributed by atoms with Gasteiger partial charge >= 0.3 is 0 Å². The summed E-state index contributed by atoms with van der Waals surface area (Å²) in [6.07, 6.45) is 2.73. The molecule has 0 aromatic carbocycles. The van der Waals surface area contributed by atoms with Crippen LogP contribution in [0.2, 0.25) is 0 Å². The molecule has 0 saturated carbocycles. The highest BCUT2D eigenvalue weighted by Gasteiger charge is 1.98. The number of aliphatic imine (C=N–C) groups is 1. The molecule has 0 aliphatic rings. The highest BCUT2D eigenvalue weighted by Crippen LogP contribution is 1.85. The molecule has 0 aliphatic heterocycles. The Balaban J connectivity index is 3.88. The van der Waals surface area contributed by atoms with E-state index in [1.807, 2.05) is 0 Å². The fourth-order valence-electron chi connectivity index (χ4n) is 0.451. The van der Waals surface area contributed by atoms with E-state index in [2.05, 4.69) is 23.5 Å². The zero-order chi connectivity index (χ0) is 9.40. The van der Waals surface area contributed by atoms with Crippen LogP contribution >= 0.6 is 0 Å². The summed E-state index contributed by atoms with van der Waals surface area (Å²) in [7, 11) is 1.53. The van der Waals surface area contributed by atoms with Gasteiger partial charge in [0.15, 0.2) is 6.61 Å². The van der Waals surface area contributed by atoms with Crippen molar-refractivity contribution in [3.8, 4) is 0 Å². The van der Waals surface area contributed by atoms with Gasteiger partial charge < -0.3 is 10.1 Å². The third kappa shape index (κ3) is 4.27. The monoisotopic (exact) mass is 168 g/mol. The van der Waals surface area contributed by atoms with E-state index < -0.39 is 0 Å². The molecule has 0 aliphatic carbocycles. The van der Waals surface area contributed by atoms with Gasteiger partial charge in [-0.15, -0.1) is 0 Å². The molecule has 0 spiro atoms. The van der Waals surface area contributed by atoms with Gasteiger partial charge in [0, 0.05) is 13.2 Å². The second-order valence-electron chi connectivity index (χ2n) is 1.82. The molecule has 0 rings (SSSR count). The molecule has 0 fully saturated rings. The van der Waals surface area contributed by atoms with Gasteiger partial charge in [-0.2, -0.15) is 0 Å². The minimum atomic E-state index is -0.214. The highest BCUT2D eigenvalue weighted by molar-refractivity contribution is 5.89. The summed E-state index contributed by atoms with van der Waals surface area (Å²) < 4.78 is 4.93. The van der Waals surface area contributed by atoms with Gasteiger partial charge in [0.25, 0.3) is 5.91 Å². The van der Waals surface area contributed by atoms with Gasteiger partial charge in [0.05, 0.1) is 0 Å². The molecule has 1 N–H and O–H groups in total. The largest absolute Gasteiger partial charge is 0.468 e. The van der Waals surface area contributed by atoms with E-state index in [4.69, 9.17) is 4.74 Å². The lowest BCUT2D eigenvalue weighted by Crippen LogP contribution is -2.24. The highest BCUT2D eigenvalue weighted by atomic mass is 16.5. The average Bonchev–Trinajstić information content (AvgIpc) is 2.11. The van der Waals surface area contributed by atoms with Crippen molar-refractivity contribution in [3.63, 3.8) is 0 Å². The van der Waals surface area contributed by atoms with Crippen molar-refractivity contribution < 1.29 is 9.53 Å². The SMILES string of the molecule is C=C/N=C(\C=C)OCC(=O)NC. The number of amides is 1. The number of nitrogens with zero attached hydrogens (tertiary/aromatic N) is 1. The van der Waals surface area contributed by atoms with Crippen molar-refractivity contribution in [1.29, 1.82) is 0 Å². The third-order valence-electron chi connectivity index (χ3n) is 1.02. The predicted octanol–water partition coefficient (Wildman–Crippen LogP) is 0.477. The van der Waals surface area contributed by atoms with Crippen LogP contribution in [0.15, 0.2) is 30.4 Å². The van der Waals surface area contributed by atoms with E-state index in [1.54, 1.807) is 0 Å². The number of ether oxygens (including phenoxy) is 1. The van der Waals surface area contributed by atoms with Gasteiger partial charge in [-0.25, -0.2) is 4.99 Å². The van der Waals surface area contributed by atoms with E-state index in [0.29, 0.717) is 0 Å². The summed E-state index contributed by atoms with van der Waals surface area (Å²) in [5, 5.41) is 2.41. The number of carbonyl (C=O) groups excluding carboxylic acids is 1. The molecule has 0 unspecified atom stereocenters. The first-order chi connectivity index (χ1) is 5.74. The van der Waals surface area contributed by atoms with E-state index >= 15 is 0 Å². The fraction of sp³-hybridized carbons (Fsp3) is 0.250. The molecular formula is C8H12N2O2. The second kappa shape index (κ2) is 6.15. The first kappa shape index (κ1) is 10.4. The molecule has 0 heterocycles. The van der Waals surface area contributed by atoms with Crippen LogP contribution < -0.4 is 5.32 Å². The zero-order valence-corrected chi connectivity index (χ0v) is 7.04. The van der Waals surface area contributed by atoms with Gasteiger partial charge in [-0.1, -0.05) is 13.2 Å². The Morgan fingerprint density at radius 3 is 2.75 bits per heavy atom. The lowest BCUT2D eigenvalue weighted by Gasteiger charge is -2.02. The molecule has 4 nitrogen and oxygen atoms in total. The molecule has 4 heteroatoms. The summed E-state index contributed by atoms with van der Waals surface area (Å²) in [6, 6.07) is 0. The van der Waals surface area contributed by atoms with Crippen LogP contribution in [-0.4, -0.2) is 25.5 Å². The molecule has 1 amide bonds. The van der Waals surface area contributed by atoms with Gasteiger partial charge in [0.2, 0.25) is 5.90 Å². The normalized spacial score (nSPS) is 10.2. The lowest BCUT2D eigenvalue weighted by molar-refractivity contribution is -0.122. The molecule has 0 radical (unpaired) electrons. The Labute approximate surface area is 71.6 Å². The van der Waals surface area contributed by atoms with Crippen molar-refractivity contribution in [2.45, 2.75) is 0 Å². The number of carbonyl (C=O) groups is 1. The number of likely N-dealkylation sites (N-methyl/N-ethyl adjacent to an activating group) is 1. The minimum absolute atomic E-state index is 0.0603. The maximum atomic E-state index is 10.7. The van der Waals surface area contributed by atoms with Gasteiger partial charge in [-0.05, 0) is 6.08 Å². The Morgan fingerprint density at radius 1 is 1.67 bits per heavy atom. The summed E-state index contributed by atoms with van der Waals surface area (Å²) in [5.41, 5.74) is 0. The predicted molar refractivity (Wildman–Crippen MR) is 47.8 cm³/mol. The van der Waals surface area contributed by atoms with Crippen LogP contribution in [0.1, 0.15) is 0 Å². The molecule has 0 bridgehead atoms. The first-order valence-electron chi connectivity index (χ1n) is 3.39. The van der Waals surface area contributed by atoms with E-state index in [-0.39, 0.29) is 18.4 Å². The van der Waals surface area contributed by atoms with Gasteiger partial charge in [-0.3, -0.25) is 4.79 Å². The van der Waals surface area contributed by atoms with Crippen LogP contribution in [-0.2, 0) is 9.53 Å². The smallest absolute Gasteiger partial charge is 0.257 e. The fourth-order valence-corrected chi connectivity index (χ4v) is 0.451. The molecular weight excluding hydrogens is 156 g/mol. The lowest BCUT2D eigenvalue weighted by atomic mass is 10.6. The van der Waals surface area contributed by atoms with E-state index in [0.717, 1.165) is 0 Å². The number of hydrogen-bond donors (Lipinski definition) is 1. The molecule has 0 saturated heterocycles. The van der Waals surface area contributed by atoms with Crippen molar-refractivity contribution in [2.75, 3.05) is 13.7 Å². The van der Waals surface area contributed by atoms with E-state index in [1.165, 1.54) is 19.3 Å². The Bertz CT molecular complexity index is 209. The Kier molecular flexibility index (Phi) is 5.34. The number of nitrogens with one attached hydrogen (secondary N) is 1. The molecule has 0 aromatic rings. The second-order valence-corrected chi connectivity index (χ2v) is 1.82. The average molecular weight is 168 g/mol. The summed E-state index contributed by atoms with van der Waals surface area (Å²) in [4.78, 5) is 14.4. The van der Waals surface area contributed by atoms with Crippen molar-refractivity contribution >= 4 is 11.8 Å². The topological polar surface area (TPSA) is 50.7 Å². The maximum absolute atomic E-state index is 10.7. The summed E-state index contributed by atoms with van der Waals surface area (Å²) in [5.74, 6) is 0.0715. The minimum Gasteiger partial charge on any atom is -0.468 e. The van der Waals surface area contributed by atoms with E-state index in [9.17, 15) is 4.79 Å². The van der Waals surface area contributed by atoms with Crippen LogP contribution in [0.4, 0.5) is 0 Å². The van der Waals surface area contributed by atoms with Crippen molar-refractivity contribution in [2.24, 2.45) is 4.99 Å². The Hall–Kier alpha value is -1.58. The van der Waals surface area contributed by atoms with Gasteiger partial charge in [0.1, 0.15) is 0 Å². The zero-order valence-electron chi connectivity index (χ0n) is 7.04. The summed E-state index contributed by atoms with van der Waals surface area (Å²) in [6.45, 7) is 6.77. The van der Waals surface area contributed by atoms with Crippen LogP contribution in [0, 0.1) is 0 Å². The molecule has 12 heavy (non-hydrogen) atoms. The molecule has 0 aromatic heterocycles. The quantitative estimate of drug-likeness (QED) is 0.490. The van der Waals surface area contributed by atoms with Crippen LogP contribution in [0.3, 0.4) is 0 Å². The van der Waals surface area contributed by atoms with Crippen molar-refractivity contribution in [1.82, 2.24) is 5.32 Å². The first-order valence-corrected chi connectivity index (χ1v) is 3.39. The van der Waals surface area contributed by atoms with Crippen LogP contribution in [0.25, 0.3) is 0 Å². The van der Waals surface area contributed by atoms with Crippen molar-refractivity contribution in [3.05, 3.63) is 25.4 Å².